The minimum atomic E-state index is -0.778. The molecule has 0 aliphatic carbocycles. The van der Waals surface area contributed by atoms with Gasteiger partial charge in [-0.1, -0.05) is 29.8 Å². The number of amides is 1. The van der Waals surface area contributed by atoms with E-state index in [4.69, 9.17) is 16.7 Å². The van der Waals surface area contributed by atoms with Crippen LogP contribution in [0.4, 0.5) is 0 Å². The molecule has 148 valence electrons. The van der Waals surface area contributed by atoms with Crippen LogP contribution in [0.15, 0.2) is 30.3 Å². The smallest absolute Gasteiger partial charge is 0.306 e. The third-order valence-electron chi connectivity index (χ3n) is 5.26. The first-order valence-corrected chi connectivity index (χ1v) is 9.72. The molecule has 1 saturated heterocycles. The Labute approximate surface area is 169 Å². The minimum Gasteiger partial charge on any atom is -0.481 e. The Kier molecular flexibility index (Phi) is 6.19. The van der Waals surface area contributed by atoms with Gasteiger partial charge in [0, 0.05) is 35.4 Å². The van der Waals surface area contributed by atoms with Gasteiger partial charge in [-0.25, -0.2) is 0 Å². The average molecular weight is 402 g/mol. The van der Waals surface area contributed by atoms with Gasteiger partial charge in [-0.3, -0.25) is 14.3 Å². The first kappa shape index (κ1) is 20.1. The summed E-state index contributed by atoms with van der Waals surface area (Å²) >= 11 is 6.25. The molecule has 0 saturated carbocycles. The number of benzene rings is 1. The summed E-state index contributed by atoms with van der Waals surface area (Å²) in [5, 5.41) is 14.4. The fourth-order valence-corrected chi connectivity index (χ4v) is 3.70. The molecule has 1 aromatic heterocycles. The monoisotopic (exact) mass is 401 g/mol. The molecule has 3 rings (SSSR count). The fraction of sp³-hybridized carbons (Fsp3) is 0.381. The summed E-state index contributed by atoms with van der Waals surface area (Å²) in [5.41, 5.74) is 3.72. The van der Waals surface area contributed by atoms with Gasteiger partial charge >= 0.3 is 5.97 Å². The van der Waals surface area contributed by atoms with Gasteiger partial charge in [-0.05, 0) is 44.4 Å². The van der Waals surface area contributed by atoms with Gasteiger partial charge in [0.25, 0.3) is 0 Å². The first-order valence-electron chi connectivity index (χ1n) is 9.34. The van der Waals surface area contributed by atoms with Crippen molar-refractivity contribution >= 4 is 29.6 Å². The van der Waals surface area contributed by atoms with E-state index in [0.717, 1.165) is 22.5 Å². The van der Waals surface area contributed by atoms with Crippen LogP contribution in [0.5, 0.6) is 0 Å². The molecule has 2 aromatic rings. The van der Waals surface area contributed by atoms with Crippen LogP contribution in [0.3, 0.4) is 0 Å². The van der Waals surface area contributed by atoms with Gasteiger partial charge < -0.3 is 10.0 Å². The molecule has 1 aliphatic heterocycles. The van der Waals surface area contributed by atoms with E-state index >= 15 is 0 Å². The Hall–Kier alpha value is -2.60. The molecule has 1 aliphatic rings. The van der Waals surface area contributed by atoms with Crippen LogP contribution in [0.1, 0.15) is 35.4 Å². The van der Waals surface area contributed by atoms with Crippen LogP contribution >= 0.6 is 11.6 Å². The summed E-state index contributed by atoms with van der Waals surface area (Å²) in [4.78, 5) is 25.2. The summed E-state index contributed by atoms with van der Waals surface area (Å²) in [6.07, 6.45) is 4.36. The third-order valence-corrected chi connectivity index (χ3v) is 5.63. The molecular formula is C21H24ClN3O3. The van der Waals surface area contributed by atoms with Gasteiger partial charge in [0.05, 0.1) is 18.2 Å². The molecule has 28 heavy (non-hydrogen) atoms. The molecule has 0 bridgehead atoms. The van der Waals surface area contributed by atoms with Crippen molar-refractivity contribution in [2.45, 2.75) is 33.2 Å². The third kappa shape index (κ3) is 4.44. The number of carbonyl (C=O) groups is 2. The molecule has 1 N–H and O–H groups in total. The number of nitrogens with zero attached hydrogens (tertiary/aromatic N) is 3. The number of carboxylic acid groups (broad SMARTS) is 1. The van der Waals surface area contributed by atoms with Crippen molar-refractivity contribution in [3.8, 4) is 0 Å². The Morgan fingerprint density at radius 2 is 1.93 bits per heavy atom. The zero-order valence-electron chi connectivity index (χ0n) is 16.1. The van der Waals surface area contributed by atoms with Gasteiger partial charge in [0.2, 0.25) is 5.91 Å². The predicted octanol–water partition coefficient (Wildman–Crippen LogP) is 3.54. The van der Waals surface area contributed by atoms with E-state index in [9.17, 15) is 9.59 Å². The lowest BCUT2D eigenvalue weighted by Gasteiger charge is -2.29. The summed E-state index contributed by atoms with van der Waals surface area (Å²) in [6, 6.07) is 7.67. The molecule has 1 fully saturated rings. The number of hydrogen-bond donors (Lipinski definition) is 1. The second-order valence-electron chi connectivity index (χ2n) is 7.10. The van der Waals surface area contributed by atoms with Gasteiger partial charge in [-0.2, -0.15) is 5.10 Å². The molecule has 1 aromatic carbocycles. The number of rotatable bonds is 5. The molecule has 0 atom stereocenters. The largest absolute Gasteiger partial charge is 0.481 e. The van der Waals surface area contributed by atoms with E-state index in [2.05, 4.69) is 5.10 Å². The van der Waals surface area contributed by atoms with E-state index in [0.29, 0.717) is 37.5 Å². The average Bonchev–Trinajstić information content (AvgIpc) is 2.94. The van der Waals surface area contributed by atoms with E-state index in [1.807, 2.05) is 42.8 Å². The van der Waals surface area contributed by atoms with Crippen LogP contribution < -0.4 is 0 Å². The standard InChI is InChI=1S/C21H24ClN3O3/c1-14-18(7-8-20(26)24-11-9-16(10-12-24)21(27)28)15(2)25(23-14)13-17-5-3-4-6-19(17)22/h3-8,16H,9-13H2,1-2H3,(H,27,28). The van der Waals surface area contributed by atoms with Crippen molar-refractivity contribution in [3.05, 3.63) is 57.9 Å². The number of carbonyl (C=O) groups excluding carboxylic acids is 1. The fourth-order valence-electron chi connectivity index (χ4n) is 3.50. The van der Waals surface area contributed by atoms with Crippen molar-refractivity contribution in [1.29, 1.82) is 0 Å². The van der Waals surface area contributed by atoms with Crippen LogP contribution in [-0.4, -0.2) is 44.8 Å². The molecule has 7 heteroatoms. The predicted molar refractivity (Wildman–Crippen MR) is 108 cm³/mol. The second-order valence-corrected chi connectivity index (χ2v) is 7.51. The number of hydrogen-bond acceptors (Lipinski definition) is 3. The molecular weight excluding hydrogens is 378 g/mol. The van der Waals surface area contributed by atoms with Gasteiger partial charge in [0.15, 0.2) is 0 Å². The second kappa shape index (κ2) is 8.61. The maximum atomic E-state index is 12.5. The van der Waals surface area contributed by atoms with Crippen molar-refractivity contribution in [2.24, 2.45) is 5.92 Å². The summed E-state index contributed by atoms with van der Waals surface area (Å²) in [6.45, 7) is 5.41. The van der Waals surface area contributed by atoms with Crippen molar-refractivity contribution < 1.29 is 14.7 Å². The van der Waals surface area contributed by atoms with Crippen LogP contribution in [-0.2, 0) is 16.1 Å². The maximum absolute atomic E-state index is 12.5. The molecule has 0 spiro atoms. The Bertz CT molecular complexity index is 912. The van der Waals surface area contributed by atoms with Gasteiger partial charge in [0.1, 0.15) is 0 Å². The Morgan fingerprint density at radius 3 is 2.57 bits per heavy atom. The molecule has 6 nitrogen and oxygen atoms in total. The quantitative estimate of drug-likeness (QED) is 0.777. The zero-order valence-corrected chi connectivity index (χ0v) is 16.8. The van der Waals surface area contributed by atoms with E-state index in [1.54, 1.807) is 17.1 Å². The molecule has 0 radical (unpaired) electrons. The molecule has 2 heterocycles. The highest BCUT2D eigenvalue weighted by atomic mass is 35.5. The molecule has 1 amide bonds. The SMILES string of the molecule is Cc1nn(Cc2ccccc2Cl)c(C)c1C=CC(=O)N1CCC(C(=O)O)CC1. The number of carboxylic acids is 1. The number of aliphatic carboxylic acids is 1. The number of aromatic nitrogens is 2. The summed E-state index contributed by atoms with van der Waals surface area (Å²) in [7, 11) is 0. The highest BCUT2D eigenvalue weighted by Crippen LogP contribution is 2.21. The number of halogens is 1. The maximum Gasteiger partial charge on any atom is 0.306 e. The van der Waals surface area contributed by atoms with Crippen molar-refractivity contribution in [3.63, 3.8) is 0 Å². The normalized spacial score (nSPS) is 15.3. The Morgan fingerprint density at radius 1 is 1.25 bits per heavy atom. The van der Waals surface area contributed by atoms with Gasteiger partial charge in [-0.15, -0.1) is 0 Å². The highest BCUT2D eigenvalue weighted by molar-refractivity contribution is 6.31. The van der Waals surface area contributed by atoms with E-state index in [1.165, 1.54) is 0 Å². The lowest BCUT2D eigenvalue weighted by atomic mass is 9.97. The van der Waals surface area contributed by atoms with E-state index < -0.39 is 5.97 Å². The lowest BCUT2D eigenvalue weighted by Crippen LogP contribution is -2.39. The number of piperidine rings is 1. The number of likely N-dealkylation sites (tertiary alicyclic amines) is 1. The van der Waals surface area contributed by atoms with E-state index in [-0.39, 0.29) is 11.8 Å². The zero-order chi connectivity index (χ0) is 20.3. The Balaban J connectivity index is 1.69. The molecule has 0 unspecified atom stereocenters. The van der Waals surface area contributed by atoms with Crippen LogP contribution in [0.2, 0.25) is 5.02 Å². The highest BCUT2D eigenvalue weighted by Gasteiger charge is 2.26. The van der Waals surface area contributed by atoms with Crippen molar-refractivity contribution in [1.82, 2.24) is 14.7 Å². The van der Waals surface area contributed by atoms with Crippen LogP contribution in [0, 0.1) is 19.8 Å². The number of aryl methyl sites for hydroxylation is 1. The summed E-state index contributed by atoms with van der Waals surface area (Å²) in [5.74, 6) is -1.22. The topological polar surface area (TPSA) is 75.4 Å². The first-order chi connectivity index (χ1) is 13.4. The van der Waals surface area contributed by atoms with Crippen molar-refractivity contribution in [2.75, 3.05) is 13.1 Å². The minimum absolute atomic E-state index is 0.0958. The lowest BCUT2D eigenvalue weighted by molar-refractivity contribution is -0.144. The van der Waals surface area contributed by atoms with Crippen LogP contribution in [0.25, 0.3) is 6.08 Å². The summed E-state index contributed by atoms with van der Waals surface area (Å²) < 4.78 is 1.89.